The average molecular weight is 1320 g/mol. The van der Waals surface area contributed by atoms with Gasteiger partial charge in [-0.3, -0.25) is 71.9 Å². The Bertz CT molecular complexity index is 2970. The Labute approximate surface area is 531 Å². The van der Waals surface area contributed by atoms with Crippen LogP contribution < -0.4 is 0 Å². The minimum atomic E-state index is -2.70. The van der Waals surface area contributed by atoms with Gasteiger partial charge in [-0.05, 0) is 193 Å². The molecule has 0 bridgehead atoms. The van der Waals surface area contributed by atoms with E-state index < -0.39 is 267 Å². The number of rotatable bonds is 44. The molecule has 0 aliphatic heterocycles. The van der Waals surface area contributed by atoms with Crippen molar-refractivity contribution >= 4 is 89.5 Å². The van der Waals surface area contributed by atoms with E-state index >= 15 is 0 Å². The molecule has 0 saturated carbocycles. The molecule has 0 aromatic rings. The van der Waals surface area contributed by atoms with Gasteiger partial charge in [0.05, 0.1) is 81.7 Å². The molecule has 0 aromatic heterocycles. The molecule has 0 aliphatic carbocycles. The highest BCUT2D eigenvalue weighted by Crippen LogP contribution is 2.58. The second kappa shape index (κ2) is 28.1. The lowest BCUT2D eigenvalue weighted by Gasteiger charge is -2.46. The lowest BCUT2D eigenvalue weighted by atomic mass is 9.55. The van der Waals surface area contributed by atoms with Gasteiger partial charge in [-0.15, -0.1) is 0 Å². The second-order valence-electron chi connectivity index (χ2n) is 30.9. The Morgan fingerprint density at radius 2 is 0.326 bits per heavy atom. The van der Waals surface area contributed by atoms with Crippen LogP contribution in [0.15, 0.2) is 0 Å². The van der Waals surface area contributed by atoms with Crippen LogP contribution in [0.4, 0.5) is 0 Å². The Hall–Kier alpha value is -7.95. The maximum Gasteiger partial charge on any atom is 0.309 e. The molecule has 15 N–H and O–H groups in total. The molecule has 0 radical (unpaired) electrons. The predicted octanol–water partition coefficient (Wildman–Crippen LogP) is 8.10. The summed E-state index contributed by atoms with van der Waals surface area (Å²) in [4.78, 5) is 197. The van der Waals surface area contributed by atoms with Gasteiger partial charge in [0.1, 0.15) is 0 Å². The first-order valence-electron chi connectivity index (χ1n) is 29.2. The SMILES string of the molecule is CC(CC(C)(CC(C)(CC(C)(CC(C)(CC(C)(CC(C)(CC(C)(CC(C)(CC(C)(CC(C)(CC(C)(CC(C)(CC(C)(CC(C)(C(=O)O)C(C)C)C(=O)O)C(=O)O)C(=O)O)C(=O)O)C(=O)O)C(=O)O)C(=O)O)C(=O)O)C(=O)O)C(=O)O)C(=O)O)C(=O)O)C(=O)O)C(=O)O. The third-order valence-corrected chi connectivity index (χ3v) is 19.8. The van der Waals surface area contributed by atoms with Gasteiger partial charge >= 0.3 is 89.5 Å². The predicted molar refractivity (Wildman–Crippen MR) is 317 cm³/mol. The second-order valence-corrected chi connectivity index (χ2v) is 30.9. The lowest BCUT2D eigenvalue weighted by Crippen LogP contribution is -2.51. The van der Waals surface area contributed by atoms with Crippen LogP contribution in [-0.2, 0) is 71.9 Å². The standard InChI is InChI=1S/C62H96O30/c1-32(2)62(17,48(91)92)31-61(16,47(89)90)30-60(15,46(87)88)29-59(14,45(85)86)28-58(13,44(83)84)27-57(12,43(81)82)26-56(11,42(79)80)25-55(10,41(77)78)24-54(9,40(75)76)23-53(8,39(73)74)22-52(7,38(71)72)21-51(6,37(69)70)20-50(5,36(67)68)19-49(4,35(65)66)18-33(3)34(63)64/h32-33H,18-31H2,1-17H3,(H,63,64)(H,65,66)(H,67,68)(H,69,70)(H,71,72)(H,73,74)(H,75,76)(H,77,78)(H,79,80)(H,81,82)(H,83,84)(H,85,86)(H,87,88)(H,89,90)(H,91,92). The summed E-state index contributed by atoms with van der Waals surface area (Å²) >= 11 is 0. The van der Waals surface area contributed by atoms with E-state index in [9.17, 15) is 149 Å². The van der Waals surface area contributed by atoms with Crippen LogP contribution in [0.3, 0.4) is 0 Å². The van der Waals surface area contributed by atoms with E-state index in [-0.39, 0.29) is 0 Å². The van der Waals surface area contributed by atoms with Crippen molar-refractivity contribution in [3.63, 3.8) is 0 Å². The van der Waals surface area contributed by atoms with Crippen molar-refractivity contribution < 1.29 is 149 Å². The molecule has 0 spiro atoms. The van der Waals surface area contributed by atoms with Crippen molar-refractivity contribution in [2.75, 3.05) is 0 Å². The molecule has 0 saturated heterocycles. The molecule has 15 atom stereocenters. The third-order valence-electron chi connectivity index (χ3n) is 19.8. The fourth-order valence-electron chi connectivity index (χ4n) is 15.2. The zero-order valence-electron chi connectivity index (χ0n) is 55.4. The largest absolute Gasteiger partial charge is 0.481 e. The van der Waals surface area contributed by atoms with Gasteiger partial charge in [-0.1, -0.05) is 20.8 Å². The first-order valence-corrected chi connectivity index (χ1v) is 29.2. The summed E-state index contributed by atoms with van der Waals surface area (Å²) in [6.07, 6.45) is -15.0. The van der Waals surface area contributed by atoms with Crippen LogP contribution in [0.25, 0.3) is 0 Å². The fourth-order valence-corrected chi connectivity index (χ4v) is 15.2. The molecule has 30 heteroatoms. The molecular weight excluding hydrogens is 1220 g/mol. The maximum atomic E-state index is 13.6. The van der Waals surface area contributed by atoms with E-state index in [2.05, 4.69) is 0 Å². The quantitative estimate of drug-likeness (QED) is 0.0274. The molecule has 92 heavy (non-hydrogen) atoms. The Kier molecular flexibility index (Phi) is 25.7. The molecule has 0 fully saturated rings. The monoisotopic (exact) mass is 1320 g/mol. The van der Waals surface area contributed by atoms with E-state index in [1.54, 1.807) is 0 Å². The molecule has 0 amide bonds. The van der Waals surface area contributed by atoms with Gasteiger partial charge in [0.15, 0.2) is 0 Å². The highest BCUT2D eigenvalue weighted by molar-refractivity contribution is 5.87. The van der Waals surface area contributed by atoms with Crippen molar-refractivity contribution in [2.24, 2.45) is 87.6 Å². The Morgan fingerprint density at radius 1 is 0.207 bits per heavy atom. The molecule has 30 nitrogen and oxygen atoms in total. The van der Waals surface area contributed by atoms with Crippen LogP contribution in [0.2, 0.25) is 0 Å². The number of hydrogen-bond donors (Lipinski definition) is 15. The number of aliphatic carboxylic acids is 15. The van der Waals surface area contributed by atoms with Gasteiger partial charge in [0, 0.05) is 0 Å². The van der Waals surface area contributed by atoms with Crippen molar-refractivity contribution in [3.8, 4) is 0 Å². The molecular formula is C62H96O30. The van der Waals surface area contributed by atoms with E-state index in [4.69, 9.17) is 0 Å². The molecule has 0 aliphatic rings. The normalized spacial score (nSPS) is 21.5. The molecule has 524 valence electrons. The van der Waals surface area contributed by atoms with Gasteiger partial charge in [-0.25, -0.2) is 0 Å². The Morgan fingerprint density at radius 3 is 0.424 bits per heavy atom. The Balaban J connectivity index is 8.02. The smallest absolute Gasteiger partial charge is 0.309 e. The number of carboxylic acid groups (broad SMARTS) is 15. The summed E-state index contributed by atoms with van der Waals surface area (Å²) < 4.78 is 0. The minimum absolute atomic E-state index is 0.656. The highest BCUT2D eigenvalue weighted by Gasteiger charge is 2.62. The molecule has 0 aromatic carbocycles. The van der Waals surface area contributed by atoms with Crippen molar-refractivity contribution in [1.29, 1.82) is 0 Å². The summed E-state index contributed by atoms with van der Waals surface area (Å²) in [5, 5.41) is 160. The fraction of sp³-hybridized carbons (Fsp3) is 0.758. The van der Waals surface area contributed by atoms with Crippen molar-refractivity contribution in [1.82, 2.24) is 0 Å². The van der Waals surface area contributed by atoms with Crippen LogP contribution >= 0.6 is 0 Å². The van der Waals surface area contributed by atoms with E-state index in [1.807, 2.05) is 0 Å². The van der Waals surface area contributed by atoms with Gasteiger partial charge in [-0.2, -0.15) is 0 Å². The summed E-state index contributed by atoms with van der Waals surface area (Å²) in [6, 6.07) is 0. The molecule has 0 rings (SSSR count). The van der Waals surface area contributed by atoms with Crippen LogP contribution in [0.1, 0.15) is 208 Å². The average Bonchev–Trinajstić information content (AvgIpc) is 0.768. The maximum absolute atomic E-state index is 13.6. The zero-order valence-corrected chi connectivity index (χ0v) is 55.4. The van der Waals surface area contributed by atoms with Crippen LogP contribution in [0.5, 0.6) is 0 Å². The number of carbonyl (C=O) groups is 15. The van der Waals surface area contributed by atoms with E-state index in [0.717, 1.165) is 96.9 Å². The molecule has 15 unspecified atom stereocenters. The van der Waals surface area contributed by atoms with Gasteiger partial charge in [0.2, 0.25) is 0 Å². The minimum Gasteiger partial charge on any atom is -0.481 e. The van der Waals surface area contributed by atoms with Crippen molar-refractivity contribution in [2.45, 2.75) is 208 Å². The summed E-state index contributed by atoms with van der Waals surface area (Å²) in [7, 11) is 0. The molecule has 0 heterocycles. The third kappa shape index (κ3) is 18.9. The van der Waals surface area contributed by atoms with Crippen LogP contribution in [-0.4, -0.2) is 166 Å². The summed E-state index contributed by atoms with van der Waals surface area (Å²) in [5.74, 6) is -29.3. The topological polar surface area (TPSA) is 560 Å². The van der Waals surface area contributed by atoms with E-state index in [0.29, 0.717) is 0 Å². The number of hydrogen-bond acceptors (Lipinski definition) is 15. The number of carboxylic acids is 15. The van der Waals surface area contributed by atoms with Gasteiger partial charge in [0.25, 0.3) is 0 Å². The zero-order chi connectivity index (χ0) is 73.7. The first-order chi connectivity index (χ1) is 40.7. The summed E-state index contributed by atoms with van der Waals surface area (Å²) in [5.41, 5.74) is -34.7. The lowest BCUT2D eigenvalue weighted by molar-refractivity contribution is -0.172. The first kappa shape index (κ1) is 84.0. The van der Waals surface area contributed by atoms with E-state index in [1.165, 1.54) is 20.8 Å². The van der Waals surface area contributed by atoms with Crippen LogP contribution in [0, 0.1) is 87.6 Å². The van der Waals surface area contributed by atoms with Gasteiger partial charge < -0.3 is 76.6 Å². The summed E-state index contributed by atoms with van der Waals surface area (Å²) in [6.45, 7) is 17.0. The highest BCUT2D eigenvalue weighted by atomic mass is 16.4. The van der Waals surface area contributed by atoms with Crippen molar-refractivity contribution in [3.05, 3.63) is 0 Å².